The third-order valence-corrected chi connectivity index (χ3v) is 2.15. The van der Waals surface area contributed by atoms with Gasteiger partial charge in [0.15, 0.2) is 0 Å². The molecule has 0 bridgehead atoms. The Morgan fingerprint density at radius 1 is 1.50 bits per heavy atom. The van der Waals surface area contributed by atoms with Gasteiger partial charge in [-0.05, 0) is 20.4 Å². The normalized spacial score (nSPS) is 11.0. The molecule has 1 aromatic heterocycles. The number of nitrogens with two attached hydrogens (primary N) is 1. The van der Waals surface area contributed by atoms with Crippen molar-refractivity contribution < 1.29 is 0 Å². The molecular formula is C10H20N4. The van der Waals surface area contributed by atoms with Crippen LogP contribution < -0.4 is 10.6 Å². The van der Waals surface area contributed by atoms with Crippen molar-refractivity contribution in [2.24, 2.45) is 5.73 Å². The molecule has 1 rings (SSSR count). The standard InChI is InChI=1S/C10H20N4/c1-8(2)14-9(5-6-11)7-10(12-14)13(3)4/h7-8H,5-6,11H2,1-4H3. The first-order valence-electron chi connectivity index (χ1n) is 5.02. The summed E-state index contributed by atoms with van der Waals surface area (Å²) in [7, 11) is 4.00. The lowest BCUT2D eigenvalue weighted by molar-refractivity contribution is 0.509. The van der Waals surface area contributed by atoms with E-state index in [1.54, 1.807) is 0 Å². The van der Waals surface area contributed by atoms with E-state index in [2.05, 4.69) is 25.0 Å². The summed E-state index contributed by atoms with van der Waals surface area (Å²) in [6.45, 7) is 4.93. The maximum atomic E-state index is 5.56. The van der Waals surface area contributed by atoms with Gasteiger partial charge in [0, 0.05) is 38.3 Å². The predicted molar refractivity (Wildman–Crippen MR) is 59.7 cm³/mol. The van der Waals surface area contributed by atoms with Crippen molar-refractivity contribution in [1.82, 2.24) is 9.78 Å². The zero-order valence-corrected chi connectivity index (χ0v) is 9.49. The van der Waals surface area contributed by atoms with E-state index in [0.717, 1.165) is 12.2 Å². The maximum absolute atomic E-state index is 5.56. The van der Waals surface area contributed by atoms with Gasteiger partial charge in [-0.3, -0.25) is 4.68 Å². The summed E-state index contributed by atoms with van der Waals surface area (Å²) in [6.07, 6.45) is 0.888. The predicted octanol–water partition coefficient (Wildman–Crippen LogP) is 1.03. The summed E-state index contributed by atoms with van der Waals surface area (Å²) in [5.41, 5.74) is 6.77. The molecule has 0 aliphatic rings. The highest BCUT2D eigenvalue weighted by molar-refractivity contribution is 5.38. The van der Waals surface area contributed by atoms with Gasteiger partial charge in [-0.15, -0.1) is 0 Å². The Hall–Kier alpha value is -1.03. The molecule has 0 saturated heterocycles. The van der Waals surface area contributed by atoms with Crippen LogP contribution in [0.3, 0.4) is 0 Å². The van der Waals surface area contributed by atoms with Gasteiger partial charge in [0.2, 0.25) is 0 Å². The van der Waals surface area contributed by atoms with Gasteiger partial charge < -0.3 is 10.6 Å². The Labute approximate surface area is 85.7 Å². The SMILES string of the molecule is CC(C)n1nc(N(C)C)cc1CCN. The number of hydrogen-bond donors (Lipinski definition) is 1. The lowest BCUT2D eigenvalue weighted by Crippen LogP contribution is -2.13. The smallest absolute Gasteiger partial charge is 0.150 e. The fourth-order valence-electron chi connectivity index (χ4n) is 1.42. The van der Waals surface area contributed by atoms with Gasteiger partial charge in [-0.1, -0.05) is 0 Å². The first kappa shape index (κ1) is 11.0. The van der Waals surface area contributed by atoms with Crippen molar-refractivity contribution in [1.29, 1.82) is 0 Å². The molecule has 2 N–H and O–H groups in total. The molecule has 1 aromatic rings. The van der Waals surface area contributed by atoms with Crippen molar-refractivity contribution in [3.05, 3.63) is 11.8 Å². The lowest BCUT2D eigenvalue weighted by atomic mass is 10.3. The van der Waals surface area contributed by atoms with E-state index in [4.69, 9.17) is 5.73 Å². The van der Waals surface area contributed by atoms with E-state index in [1.807, 2.05) is 23.7 Å². The largest absolute Gasteiger partial charge is 0.361 e. The van der Waals surface area contributed by atoms with Crippen LogP contribution in [0.25, 0.3) is 0 Å². The Bertz CT molecular complexity index is 288. The van der Waals surface area contributed by atoms with Crippen molar-refractivity contribution in [2.45, 2.75) is 26.3 Å². The van der Waals surface area contributed by atoms with Crippen LogP contribution in [0.4, 0.5) is 5.82 Å². The van der Waals surface area contributed by atoms with Crippen molar-refractivity contribution in [3.8, 4) is 0 Å². The molecule has 14 heavy (non-hydrogen) atoms. The summed E-state index contributed by atoms with van der Waals surface area (Å²) < 4.78 is 2.04. The highest BCUT2D eigenvalue weighted by atomic mass is 15.4. The van der Waals surface area contributed by atoms with Crippen molar-refractivity contribution in [2.75, 3.05) is 25.5 Å². The maximum Gasteiger partial charge on any atom is 0.150 e. The average Bonchev–Trinajstić information content (AvgIpc) is 2.49. The minimum atomic E-state index is 0.394. The minimum Gasteiger partial charge on any atom is -0.361 e. The molecule has 0 radical (unpaired) electrons. The van der Waals surface area contributed by atoms with E-state index in [9.17, 15) is 0 Å². The topological polar surface area (TPSA) is 47.1 Å². The summed E-state index contributed by atoms with van der Waals surface area (Å²) >= 11 is 0. The number of aromatic nitrogens is 2. The molecule has 0 aliphatic heterocycles. The molecular weight excluding hydrogens is 176 g/mol. The lowest BCUT2D eigenvalue weighted by Gasteiger charge is -2.10. The first-order chi connectivity index (χ1) is 6.56. The van der Waals surface area contributed by atoms with Gasteiger partial charge in [0.25, 0.3) is 0 Å². The quantitative estimate of drug-likeness (QED) is 0.782. The fourth-order valence-corrected chi connectivity index (χ4v) is 1.42. The molecule has 0 amide bonds. The Morgan fingerprint density at radius 2 is 2.14 bits per heavy atom. The molecule has 4 heteroatoms. The van der Waals surface area contributed by atoms with E-state index in [1.165, 1.54) is 5.69 Å². The molecule has 0 fully saturated rings. The van der Waals surface area contributed by atoms with Gasteiger partial charge in [0.05, 0.1) is 0 Å². The highest BCUT2D eigenvalue weighted by Crippen LogP contribution is 2.16. The monoisotopic (exact) mass is 196 g/mol. The molecule has 0 aliphatic carbocycles. The molecule has 0 aromatic carbocycles. The number of anilines is 1. The van der Waals surface area contributed by atoms with Crippen LogP contribution in [-0.2, 0) is 6.42 Å². The van der Waals surface area contributed by atoms with E-state index in [0.29, 0.717) is 12.6 Å². The zero-order chi connectivity index (χ0) is 10.7. The zero-order valence-electron chi connectivity index (χ0n) is 9.49. The van der Waals surface area contributed by atoms with E-state index in [-0.39, 0.29) is 0 Å². The second kappa shape index (κ2) is 4.46. The van der Waals surface area contributed by atoms with Crippen LogP contribution in [0.15, 0.2) is 6.07 Å². The van der Waals surface area contributed by atoms with Crippen LogP contribution in [0.5, 0.6) is 0 Å². The molecule has 0 atom stereocenters. The van der Waals surface area contributed by atoms with Crippen LogP contribution in [0, 0.1) is 0 Å². The third kappa shape index (κ3) is 2.26. The van der Waals surface area contributed by atoms with Gasteiger partial charge >= 0.3 is 0 Å². The summed E-state index contributed by atoms with van der Waals surface area (Å²) in [5.74, 6) is 1.00. The molecule has 80 valence electrons. The number of nitrogens with zero attached hydrogens (tertiary/aromatic N) is 3. The molecule has 0 saturated carbocycles. The average molecular weight is 196 g/mol. The Balaban J connectivity index is 2.99. The number of rotatable bonds is 4. The molecule has 4 nitrogen and oxygen atoms in total. The summed E-state index contributed by atoms with van der Waals surface area (Å²) in [4.78, 5) is 2.01. The highest BCUT2D eigenvalue weighted by Gasteiger charge is 2.10. The van der Waals surface area contributed by atoms with Gasteiger partial charge in [-0.2, -0.15) is 5.10 Å². The molecule has 0 unspecified atom stereocenters. The summed E-state index contributed by atoms with van der Waals surface area (Å²) in [5, 5.41) is 4.51. The Kier molecular flexibility index (Phi) is 3.52. The molecule has 0 spiro atoms. The van der Waals surface area contributed by atoms with Crippen molar-refractivity contribution >= 4 is 5.82 Å². The third-order valence-electron chi connectivity index (χ3n) is 2.15. The van der Waals surface area contributed by atoms with E-state index >= 15 is 0 Å². The second-order valence-electron chi connectivity index (χ2n) is 3.97. The van der Waals surface area contributed by atoms with Gasteiger partial charge in [0.1, 0.15) is 5.82 Å². The van der Waals surface area contributed by atoms with Crippen LogP contribution in [0.2, 0.25) is 0 Å². The summed E-state index contributed by atoms with van der Waals surface area (Å²) in [6, 6.07) is 2.50. The van der Waals surface area contributed by atoms with Crippen LogP contribution in [0.1, 0.15) is 25.6 Å². The molecule has 1 heterocycles. The van der Waals surface area contributed by atoms with Gasteiger partial charge in [-0.25, -0.2) is 0 Å². The van der Waals surface area contributed by atoms with Crippen molar-refractivity contribution in [3.63, 3.8) is 0 Å². The fraction of sp³-hybridized carbons (Fsp3) is 0.700. The van der Waals surface area contributed by atoms with E-state index < -0.39 is 0 Å². The second-order valence-corrected chi connectivity index (χ2v) is 3.97. The van der Waals surface area contributed by atoms with Crippen LogP contribution in [-0.4, -0.2) is 30.4 Å². The Morgan fingerprint density at radius 3 is 2.57 bits per heavy atom. The van der Waals surface area contributed by atoms with Crippen LogP contribution >= 0.6 is 0 Å². The minimum absolute atomic E-state index is 0.394. The number of hydrogen-bond acceptors (Lipinski definition) is 3. The first-order valence-corrected chi connectivity index (χ1v) is 5.02.